The summed E-state index contributed by atoms with van der Waals surface area (Å²) in [7, 11) is -3.05. The van der Waals surface area contributed by atoms with E-state index in [2.05, 4.69) is 91.0 Å². The molecule has 0 saturated carbocycles. The summed E-state index contributed by atoms with van der Waals surface area (Å²) in [5, 5.41) is 6.88. The quantitative estimate of drug-likeness (QED) is 0.132. The fourth-order valence-electron chi connectivity index (χ4n) is 7.05. The third-order valence-electron chi connectivity index (χ3n) is 9.55. The van der Waals surface area contributed by atoms with Crippen molar-refractivity contribution in [1.82, 2.24) is 9.97 Å². The summed E-state index contributed by atoms with van der Waals surface area (Å²) in [6.07, 6.45) is 0. The Morgan fingerprint density at radius 1 is 0.360 bits per heavy atom. The molecule has 9 rings (SSSR count). The predicted molar refractivity (Wildman–Crippen MR) is 210 cm³/mol. The summed E-state index contributed by atoms with van der Waals surface area (Å²) < 4.78 is 14.9. The van der Waals surface area contributed by atoms with Crippen molar-refractivity contribution in [1.29, 1.82) is 0 Å². The lowest BCUT2D eigenvalue weighted by atomic mass is 9.95. The Morgan fingerprint density at radius 3 is 1.52 bits per heavy atom. The molecule has 0 atom stereocenters. The summed E-state index contributed by atoms with van der Waals surface area (Å²) in [6.45, 7) is 0. The Kier molecular flexibility index (Phi) is 7.42. The van der Waals surface area contributed by atoms with E-state index < -0.39 is 7.14 Å². The van der Waals surface area contributed by atoms with Crippen LogP contribution in [-0.2, 0) is 4.57 Å². The molecular weight excluding hydrogens is 627 g/mol. The SMILES string of the molecule is O=P(c1ccccc1)(c1ccccc1)c1ccc(-c2ccc3c(c2)nc(-c2ccccc2)c2c4ccc(-c5ccccc5)nc4ccc32)cc1. The van der Waals surface area contributed by atoms with Gasteiger partial charge in [0.05, 0.1) is 22.4 Å². The van der Waals surface area contributed by atoms with Crippen LogP contribution in [0.25, 0.3) is 66.2 Å². The Bertz CT molecular complexity index is 2650. The van der Waals surface area contributed by atoms with Gasteiger partial charge in [0.25, 0.3) is 0 Å². The van der Waals surface area contributed by atoms with Crippen LogP contribution in [-0.4, -0.2) is 9.97 Å². The first-order chi connectivity index (χ1) is 24.7. The van der Waals surface area contributed by atoms with E-state index >= 15 is 0 Å². The van der Waals surface area contributed by atoms with Crippen molar-refractivity contribution >= 4 is 55.6 Å². The molecule has 236 valence electrons. The summed E-state index contributed by atoms with van der Waals surface area (Å²) >= 11 is 0. The van der Waals surface area contributed by atoms with E-state index in [1.807, 2.05) is 97.1 Å². The van der Waals surface area contributed by atoms with Gasteiger partial charge in [-0.3, -0.25) is 0 Å². The zero-order valence-corrected chi connectivity index (χ0v) is 28.0. The molecule has 50 heavy (non-hydrogen) atoms. The van der Waals surface area contributed by atoms with Gasteiger partial charge in [-0.05, 0) is 40.8 Å². The first kappa shape index (κ1) is 29.9. The highest BCUT2D eigenvalue weighted by Crippen LogP contribution is 2.43. The highest BCUT2D eigenvalue weighted by atomic mass is 31.2. The second kappa shape index (κ2) is 12.4. The molecule has 2 aromatic heterocycles. The number of pyridine rings is 2. The molecule has 0 unspecified atom stereocenters. The topological polar surface area (TPSA) is 42.9 Å². The normalized spacial score (nSPS) is 11.7. The number of rotatable bonds is 6. The minimum absolute atomic E-state index is 0.811. The Hall–Kier alpha value is -6.15. The zero-order chi connectivity index (χ0) is 33.5. The number of hydrogen-bond donors (Lipinski definition) is 0. The maximum Gasteiger partial charge on any atom is 0.171 e. The third kappa shape index (κ3) is 5.11. The molecule has 0 aliphatic rings. The van der Waals surface area contributed by atoms with Crippen molar-refractivity contribution in [3.05, 3.63) is 188 Å². The molecule has 9 aromatic rings. The second-order valence-electron chi connectivity index (χ2n) is 12.5. The van der Waals surface area contributed by atoms with Gasteiger partial charge in [0.1, 0.15) is 0 Å². The van der Waals surface area contributed by atoms with Crippen molar-refractivity contribution in [2.45, 2.75) is 0 Å². The number of aromatic nitrogens is 2. The molecule has 4 heteroatoms. The minimum Gasteiger partial charge on any atom is -0.309 e. The zero-order valence-electron chi connectivity index (χ0n) is 27.1. The van der Waals surface area contributed by atoms with E-state index in [0.717, 1.165) is 82.1 Å². The third-order valence-corrected chi connectivity index (χ3v) is 12.6. The largest absolute Gasteiger partial charge is 0.309 e. The van der Waals surface area contributed by atoms with Gasteiger partial charge < -0.3 is 4.57 Å². The predicted octanol–water partition coefficient (Wildman–Crippen LogP) is 10.6. The first-order valence-corrected chi connectivity index (χ1v) is 18.5. The molecule has 0 spiro atoms. The van der Waals surface area contributed by atoms with Crippen molar-refractivity contribution in [3.63, 3.8) is 0 Å². The standard InChI is InChI=1S/C46H31N2OP/c49-50(36-17-9-3-10-18-36,37-19-11-4-12-20-37)38-24-21-32(22-25-38)35-23-26-39-40-27-30-43-41(28-29-42(47-43)33-13-5-1-6-14-33)45(40)46(48-44(39)31-35)34-15-7-2-8-16-34/h1-31H. The van der Waals surface area contributed by atoms with Crippen LogP contribution in [0.5, 0.6) is 0 Å². The Balaban J connectivity index is 1.18. The summed E-state index contributed by atoms with van der Waals surface area (Å²) in [5.74, 6) is 0. The van der Waals surface area contributed by atoms with Gasteiger partial charge in [0, 0.05) is 43.2 Å². The molecule has 0 N–H and O–H groups in total. The average molecular weight is 659 g/mol. The molecule has 0 radical (unpaired) electrons. The van der Waals surface area contributed by atoms with Gasteiger partial charge in [-0.1, -0.05) is 164 Å². The summed E-state index contributed by atoms with van der Waals surface area (Å²) in [6, 6.07) is 63.6. The highest BCUT2D eigenvalue weighted by molar-refractivity contribution is 7.85. The molecule has 0 fully saturated rings. The smallest absolute Gasteiger partial charge is 0.171 e. The van der Waals surface area contributed by atoms with E-state index in [0.29, 0.717) is 0 Å². The highest BCUT2D eigenvalue weighted by Gasteiger charge is 2.29. The monoisotopic (exact) mass is 658 g/mol. The van der Waals surface area contributed by atoms with E-state index in [-0.39, 0.29) is 0 Å². The van der Waals surface area contributed by atoms with Gasteiger partial charge >= 0.3 is 0 Å². The average Bonchev–Trinajstić information content (AvgIpc) is 3.21. The molecule has 0 aliphatic carbocycles. The van der Waals surface area contributed by atoms with E-state index in [1.165, 1.54) is 0 Å². The molecule has 0 saturated heterocycles. The van der Waals surface area contributed by atoms with Crippen LogP contribution >= 0.6 is 7.14 Å². The maximum atomic E-state index is 14.9. The van der Waals surface area contributed by atoms with Crippen LogP contribution in [0, 0.1) is 0 Å². The van der Waals surface area contributed by atoms with Crippen molar-refractivity contribution in [2.24, 2.45) is 0 Å². The lowest BCUT2D eigenvalue weighted by Gasteiger charge is -2.20. The molecular formula is C46H31N2OP. The lowest BCUT2D eigenvalue weighted by Crippen LogP contribution is -2.24. The molecule has 0 amide bonds. The van der Waals surface area contributed by atoms with Crippen LogP contribution in [0.1, 0.15) is 0 Å². The van der Waals surface area contributed by atoms with Gasteiger partial charge in [0.15, 0.2) is 7.14 Å². The Morgan fingerprint density at radius 2 is 0.880 bits per heavy atom. The van der Waals surface area contributed by atoms with Gasteiger partial charge in [-0.25, -0.2) is 9.97 Å². The van der Waals surface area contributed by atoms with Gasteiger partial charge in [-0.2, -0.15) is 0 Å². The van der Waals surface area contributed by atoms with Gasteiger partial charge in [-0.15, -0.1) is 0 Å². The fraction of sp³-hybridized carbons (Fsp3) is 0. The van der Waals surface area contributed by atoms with E-state index in [1.54, 1.807) is 0 Å². The number of nitrogens with zero attached hydrogens (tertiary/aromatic N) is 2. The maximum absolute atomic E-state index is 14.9. The first-order valence-electron chi connectivity index (χ1n) is 16.8. The molecule has 3 nitrogen and oxygen atoms in total. The molecule has 7 aromatic carbocycles. The molecule has 0 aliphatic heterocycles. The number of fused-ring (bicyclic) bond motifs is 5. The number of hydrogen-bond acceptors (Lipinski definition) is 3. The van der Waals surface area contributed by atoms with Crippen LogP contribution in [0.4, 0.5) is 0 Å². The van der Waals surface area contributed by atoms with Crippen LogP contribution < -0.4 is 15.9 Å². The Labute approximate surface area is 290 Å². The van der Waals surface area contributed by atoms with Crippen molar-refractivity contribution < 1.29 is 4.57 Å². The molecule has 0 bridgehead atoms. The van der Waals surface area contributed by atoms with Crippen molar-refractivity contribution in [2.75, 3.05) is 0 Å². The number of benzene rings is 7. The van der Waals surface area contributed by atoms with Crippen LogP contribution in [0.15, 0.2) is 188 Å². The van der Waals surface area contributed by atoms with Crippen LogP contribution in [0.3, 0.4) is 0 Å². The molecule has 2 heterocycles. The minimum atomic E-state index is -3.05. The summed E-state index contributed by atoms with van der Waals surface area (Å²) in [4.78, 5) is 10.4. The van der Waals surface area contributed by atoms with E-state index in [9.17, 15) is 4.57 Å². The second-order valence-corrected chi connectivity index (χ2v) is 15.3. The van der Waals surface area contributed by atoms with E-state index in [4.69, 9.17) is 9.97 Å². The van der Waals surface area contributed by atoms with Crippen LogP contribution in [0.2, 0.25) is 0 Å². The lowest BCUT2D eigenvalue weighted by molar-refractivity contribution is 0.592. The summed E-state index contributed by atoms with van der Waals surface area (Å²) in [5.41, 5.74) is 8.01. The van der Waals surface area contributed by atoms with Crippen molar-refractivity contribution in [3.8, 4) is 33.6 Å². The van der Waals surface area contributed by atoms with Gasteiger partial charge in [0.2, 0.25) is 0 Å². The fourth-order valence-corrected chi connectivity index (χ4v) is 9.70.